The molecule has 0 spiro atoms. The van der Waals surface area contributed by atoms with Crippen molar-refractivity contribution in [1.29, 1.82) is 0 Å². The van der Waals surface area contributed by atoms with Gasteiger partial charge in [-0.3, -0.25) is 0 Å². The Kier molecular flexibility index (Phi) is 2.91. The van der Waals surface area contributed by atoms with Gasteiger partial charge in [-0.15, -0.1) is 0 Å². The van der Waals surface area contributed by atoms with Crippen molar-refractivity contribution in [2.45, 2.75) is 26.3 Å². The van der Waals surface area contributed by atoms with Crippen LogP contribution < -0.4 is 5.73 Å². The first-order valence-electron chi connectivity index (χ1n) is 6.32. The summed E-state index contributed by atoms with van der Waals surface area (Å²) in [5.41, 5.74) is 7.90. The Morgan fingerprint density at radius 1 is 1.37 bits per heavy atom. The van der Waals surface area contributed by atoms with E-state index >= 15 is 0 Å². The van der Waals surface area contributed by atoms with Gasteiger partial charge in [0.2, 0.25) is 5.95 Å². The minimum atomic E-state index is 0.233. The van der Waals surface area contributed by atoms with E-state index in [1.54, 1.807) is 12.6 Å². The van der Waals surface area contributed by atoms with Crippen molar-refractivity contribution in [3.8, 4) is 11.5 Å². The number of unbranched alkanes of at least 4 members (excludes halogenated alkanes) is 1. The monoisotopic (exact) mass is 257 g/mol. The molecule has 3 heterocycles. The Hall–Kier alpha value is -2.37. The van der Waals surface area contributed by atoms with Gasteiger partial charge >= 0.3 is 0 Å². The summed E-state index contributed by atoms with van der Waals surface area (Å²) in [4.78, 5) is 12.9. The molecule has 0 atom stereocenters. The Labute approximate surface area is 110 Å². The minimum Gasteiger partial charge on any atom is -0.463 e. The minimum absolute atomic E-state index is 0.233. The molecule has 0 unspecified atom stereocenters. The molecule has 0 saturated carbocycles. The Morgan fingerprint density at radius 2 is 2.26 bits per heavy atom. The van der Waals surface area contributed by atoms with E-state index in [1.165, 1.54) is 0 Å². The summed E-state index contributed by atoms with van der Waals surface area (Å²) < 4.78 is 7.38. The van der Waals surface area contributed by atoms with E-state index in [-0.39, 0.29) is 5.95 Å². The van der Waals surface area contributed by atoms with Gasteiger partial charge in [0.05, 0.1) is 12.6 Å². The summed E-state index contributed by atoms with van der Waals surface area (Å²) in [5, 5.41) is 0. The van der Waals surface area contributed by atoms with Crippen molar-refractivity contribution in [2.24, 2.45) is 0 Å². The first kappa shape index (κ1) is 11.7. The maximum atomic E-state index is 5.78. The average Bonchev–Trinajstić information content (AvgIpc) is 3.05. The van der Waals surface area contributed by atoms with Gasteiger partial charge < -0.3 is 14.7 Å². The van der Waals surface area contributed by atoms with Gasteiger partial charge in [-0.2, -0.15) is 4.98 Å². The smallest absolute Gasteiger partial charge is 0.222 e. The third-order valence-corrected chi connectivity index (χ3v) is 2.99. The number of nitrogen functional groups attached to an aromatic ring is 1. The fourth-order valence-electron chi connectivity index (χ4n) is 2.04. The molecule has 3 aromatic rings. The van der Waals surface area contributed by atoms with Crippen LogP contribution in [0, 0.1) is 0 Å². The van der Waals surface area contributed by atoms with Crippen LogP contribution in [0.25, 0.3) is 22.6 Å². The maximum absolute atomic E-state index is 5.78. The van der Waals surface area contributed by atoms with Crippen LogP contribution in [0.3, 0.4) is 0 Å². The zero-order chi connectivity index (χ0) is 13.2. The quantitative estimate of drug-likeness (QED) is 0.776. The number of anilines is 1. The highest BCUT2D eigenvalue weighted by atomic mass is 16.3. The number of nitrogens with two attached hydrogens (primary N) is 1. The number of hydrogen-bond acceptors (Lipinski definition) is 5. The SMILES string of the molecule is CCCCn1cnc2c(-c3ccco3)nc(N)nc21. The second kappa shape index (κ2) is 4.72. The van der Waals surface area contributed by atoms with Crippen LogP contribution in [0.4, 0.5) is 5.95 Å². The van der Waals surface area contributed by atoms with Crippen LogP contribution in [0.1, 0.15) is 19.8 Å². The summed E-state index contributed by atoms with van der Waals surface area (Å²) >= 11 is 0. The molecular formula is C13H15N5O. The van der Waals surface area contributed by atoms with Gasteiger partial charge in [0.1, 0.15) is 11.2 Å². The van der Waals surface area contributed by atoms with Crippen LogP contribution in [-0.4, -0.2) is 19.5 Å². The van der Waals surface area contributed by atoms with Crippen molar-refractivity contribution in [3.63, 3.8) is 0 Å². The van der Waals surface area contributed by atoms with Crippen molar-refractivity contribution < 1.29 is 4.42 Å². The van der Waals surface area contributed by atoms with Gasteiger partial charge in [0.25, 0.3) is 0 Å². The molecule has 0 aromatic carbocycles. The molecule has 3 aromatic heterocycles. The molecule has 6 nitrogen and oxygen atoms in total. The van der Waals surface area contributed by atoms with Crippen LogP contribution in [0.5, 0.6) is 0 Å². The van der Waals surface area contributed by atoms with Gasteiger partial charge in [0.15, 0.2) is 11.4 Å². The summed E-state index contributed by atoms with van der Waals surface area (Å²) in [5.74, 6) is 0.886. The number of imidazole rings is 1. The largest absolute Gasteiger partial charge is 0.463 e. The van der Waals surface area contributed by atoms with E-state index in [2.05, 4.69) is 21.9 Å². The number of aryl methyl sites for hydroxylation is 1. The average molecular weight is 257 g/mol. The molecule has 3 rings (SSSR count). The molecule has 0 saturated heterocycles. The number of fused-ring (bicyclic) bond motifs is 1. The highest BCUT2D eigenvalue weighted by Crippen LogP contribution is 2.26. The second-order valence-electron chi connectivity index (χ2n) is 4.37. The van der Waals surface area contributed by atoms with Crippen molar-refractivity contribution in [3.05, 3.63) is 24.7 Å². The Morgan fingerprint density at radius 3 is 3.00 bits per heavy atom. The zero-order valence-corrected chi connectivity index (χ0v) is 10.7. The van der Waals surface area contributed by atoms with Gasteiger partial charge in [-0.1, -0.05) is 13.3 Å². The number of nitrogens with zero attached hydrogens (tertiary/aromatic N) is 4. The van der Waals surface area contributed by atoms with Crippen LogP contribution in [0.15, 0.2) is 29.1 Å². The van der Waals surface area contributed by atoms with Gasteiger partial charge in [-0.25, -0.2) is 9.97 Å². The lowest BCUT2D eigenvalue weighted by molar-refractivity contribution is 0.580. The predicted molar refractivity (Wildman–Crippen MR) is 72.3 cm³/mol. The molecule has 0 aliphatic rings. The van der Waals surface area contributed by atoms with E-state index in [0.717, 1.165) is 30.6 Å². The molecule has 98 valence electrons. The normalized spacial score (nSPS) is 11.2. The standard InChI is InChI=1S/C13H15N5O/c1-2-3-6-18-8-15-11-10(9-5-4-7-19-9)16-13(14)17-12(11)18/h4-5,7-8H,2-3,6H2,1H3,(H2,14,16,17). The van der Waals surface area contributed by atoms with Crippen LogP contribution in [-0.2, 0) is 6.54 Å². The Bertz CT molecular complexity index is 686. The van der Waals surface area contributed by atoms with Crippen LogP contribution >= 0.6 is 0 Å². The van der Waals surface area contributed by atoms with Gasteiger partial charge in [0, 0.05) is 6.54 Å². The number of furan rings is 1. The van der Waals surface area contributed by atoms with E-state index in [1.807, 2.05) is 16.7 Å². The molecule has 19 heavy (non-hydrogen) atoms. The first-order chi connectivity index (χ1) is 9.29. The summed E-state index contributed by atoms with van der Waals surface area (Å²) in [6.45, 7) is 3.03. The van der Waals surface area contributed by atoms with Crippen molar-refractivity contribution in [1.82, 2.24) is 19.5 Å². The molecule has 0 aliphatic carbocycles. The third-order valence-electron chi connectivity index (χ3n) is 2.99. The number of rotatable bonds is 4. The predicted octanol–water partition coefficient (Wildman–Crippen LogP) is 2.47. The molecule has 6 heteroatoms. The van der Waals surface area contributed by atoms with Crippen LogP contribution in [0.2, 0.25) is 0 Å². The van der Waals surface area contributed by atoms with Crippen molar-refractivity contribution >= 4 is 17.1 Å². The highest BCUT2D eigenvalue weighted by Gasteiger charge is 2.15. The Balaban J connectivity index is 2.16. The zero-order valence-electron chi connectivity index (χ0n) is 10.7. The molecule has 0 aliphatic heterocycles. The number of aromatic nitrogens is 4. The van der Waals surface area contributed by atoms with E-state index in [4.69, 9.17) is 10.2 Å². The van der Waals surface area contributed by atoms with Gasteiger partial charge in [-0.05, 0) is 18.6 Å². The lowest BCUT2D eigenvalue weighted by atomic mass is 10.3. The van der Waals surface area contributed by atoms with Crippen molar-refractivity contribution in [2.75, 3.05) is 5.73 Å². The number of hydrogen-bond donors (Lipinski definition) is 1. The van der Waals surface area contributed by atoms with E-state index in [9.17, 15) is 0 Å². The van der Waals surface area contributed by atoms with E-state index in [0.29, 0.717) is 11.5 Å². The molecule has 0 fully saturated rings. The lowest BCUT2D eigenvalue weighted by Gasteiger charge is -2.03. The highest BCUT2D eigenvalue weighted by molar-refractivity contribution is 5.86. The molecular weight excluding hydrogens is 242 g/mol. The fraction of sp³-hybridized carbons (Fsp3) is 0.308. The third kappa shape index (κ3) is 2.05. The lowest BCUT2D eigenvalue weighted by Crippen LogP contribution is -2.02. The summed E-state index contributed by atoms with van der Waals surface area (Å²) in [6.07, 6.45) is 5.57. The topological polar surface area (TPSA) is 82.8 Å². The maximum Gasteiger partial charge on any atom is 0.222 e. The first-order valence-corrected chi connectivity index (χ1v) is 6.32. The second-order valence-corrected chi connectivity index (χ2v) is 4.37. The fourth-order valence-corrected chi connectivity index (χ4v) is 2.04. The molecule has 0 bridgehead atoms. The van der Waals surface area contributed by atoms with E-state index < -0.39 is 0 Å². The summed E-state index contributed by atoms with van der Waals surface area (Å²) in [7, 11) is 0. The molecule has 0 amide bonds. The molecule has 2 N–H and O–H groups in total. The molecule has 0 radical (unpaired) electrons. The summed E-state index contributed by atoms with van der Waals surface area (Å²) in [6, 6.07) is 3.65.